The molecule has 4 rings (SSSR count). The minimum Gasteiger partial charge on any atom is -0.480 e. The zero-order chi connectivity index (χ0) is 27.9. The van der Waals surface area contributed by atoms with Crippen molar-refractivity contribution in [3.05, 3.63) is 83.4 Å². The Labute approximate surface area is 215 Å². The van der Waals surface area contributed by atoms with E-state index in [1.54, 1.807) is 13.2 Å². The number of amidine groups is 1. The van der Waals surface area contributed by atoms with Gasteiger partial charge in [0.05, 0.1) is 12.8 Å². The lowest BCUT2D eigenvalue weighted by molar-refractivity contribution is -0.192. The van der Waals surface area contributed by atoms with Gasteiger partial charge in [0, 0.05) is 35.8 Å². The first-order valence-electron chi connectivity index (χ1n) is 11.2. The summed E-state index contributed by atoms with van der Waals surface area (Å²) in [7, 11) is 1.55. The number of nitrogens with two attached hydrogens (primary N) is 1. The van der Waals surface area contributed by atoms with Crippen LogP contribution in [0, 0.1) is 5.41 Å². The molecule has 38 heavy (non-hydrogen) atoms. The summed E-state index contributed by atoms with van der Waals surface area (Å²) in [5.41, 5.74) is 10.8. The molecule has 1 aliphatic heterocycles. The summed E-state index contributed by atoms with van der Waals surface area (Å²) in [6.07, 6.45) is -2.26. The Balaban J connectivity index is 0.000000505. The van der Waals surface area contributed by atoms with Crippen molar-refractivity contribution in [3.63, 3.8) is 0 Å². The summed E-state index contributed by atoms with van der Waals surface area (Å²) in [5, 5.41) is 22.9. The van der Waals surface area contributed by atoms with Gasteiger partial charge in [0.25, 0.3) is 5.91 Å². The predicted molar refractivity (Wildman–Crippen MR) is 134 cm³/mol. The zero-order valence-electron chi connectivity index (χ0n) is 20.2. The number of rotatable bonds is 5. The number of ether oxygens (including phenoxy) is 1. The molecule has 0 atom stereocenters. The summed E-state index contributed by atoms with van der Waals surface area (Å²) in [6.45, 7) is 1.19. The van der Waals surface area contributed by atoms with E-state index in [1.165, 1.54) is 5.57 Å². The molecule has 1 aromatic heterocycles. The number of hydrogen-bond acceptors (Lipinski definition) is 6. The Hall–Kier alpha value is -4.74. The standard InChI is InChI=1S/C24H23N5O2.C2HF3O2/c1-31-22-10-9-21(27-28-22)17-5-7-18(8-6-17)24(30)29-13-11-16(12-14-29)19-3-2-4-20(15-19)23(25)26;3-2(4,5)1(6)7/h2-11,15H,12-14H2,1H3,(H3,25,26);(H,6,7). The molecule has 0 fully saturated rings. The Morgan fingerprint density at radius 1 is 1.03 bits per heavy atom. The number of amides is 1. The van der Waals surface area contributed by atoms with E-state index in [1.807, 2.05) is 59.5 Å². The normalized spacial score (nSPS) is 13.1. The van der Waals surface area contributed by atoms with Gasteiger partial charge in [-0.25, -0.2) is 4.79 Å². The minimum atomic E-state index is -5.08. The Morgan fingerprint density at radius 2 is 1.71 bits per heavy atom. The molecule has 9 nitrogen and oxygen atoms in total. The first-order chi connectivity index (χ1) is 18.0. The molecule has 0 bridgehead atoms. The lowest BCUT2D eigenvalue weighted by Gasteiger charge is -2.27. The summed E-state index contributed by atoms with van der Waals surface area (Å²) >= 11 is 0. The highest BCUT2D eigenvalue weighted by Crippen LogP contribution is 2.25. The van der Waals surface area contributed by atoms with Crippen LogP contribution in [0.2, 0.25) is 0 Å². The van der Waals surface area contributed by atoms with Crippen molar-refractivity contribution in [2.45, 2.75) is 12.6 Å². The van der Waals surface area contributed by atoms with Gasteiger partial charge in [0.1, 0.15) is 5.84 Å². The molecule has 0 unspecified atom stereocenters. The average molecular weight is 528 g/mol. The van der Waals surface area contributed by atoms with Crippen molar-refractivity contribution in [2.75, 3.05) is 20.2 Å². The van der Waals surface area contributed by atoms with Gasteiger partial charge in [-0.2, -0.15) is 13.2 Å². The molecule has 2 heterocycles. The van der Waals surface area contributed by atoms with E-state index in [-0.39, 0.29) is 11.7 Å². The molecule has 3 aromatic rings. The second-order valence-electron chi connectivity index (χ2n) is 8.07. The van der Waals surface area contributed by atoms with Gasteiger partial charge in [-0.05, 0) is 41.8 Å². The monoisotopic (exact) mass is 527 g/mol. The Kier molecular flexibility index (Phi) is 8.79. The predicted octanol–water partition coefficient (Wildman–Crippen LogP) is 4.00. The van der Waals surface area contributed by atoms with Gasteiger partial charge in [-0.15, -0.1) is 10.2 Å². The maximum atomic E-state index is 12.9. The third-order valence-corrected chi connectivity index (χ3v) is 5.56. The maximum Gasteiger partial charge on any atom is 0.490 e. The number of aliphatic carboxylic acids is 1. The molecule has 0 radical (unpaired) electrons. The Morgan fingerprint density at radius 3 is 2.21 bits per heavy atom. The van der Waals surface area contributed by atoms with Crippen LogP contribution >= 0.6 is 0 Å². The number of hydrogen-bond donors (Lipinski definition) is 3. The molecule has 1 amide bonds. The summed E-state index contributed by atoms with van der Waals surface area (Å²) in [4.78, 5) is 23.7. The number of nitrogen functional groups attached to an aromatic ring is 1. The number of carbonyl (C=O) groups excluding carboxylic acids is 1. The number of methoxy groups -OCH3 is 1. The highest BCUT2D eigenvalue weighted by Gasteiger charge is 2.38. The Bertz CT molecular complexity index is 1340. The highest BCUT2D eigenvalue weighted by atomic mass is 19.4. The molecule has 1 aliphatic rings. The van der Waals surface area contributed by atoms with Gasteiger partial charge in [0.15, 0.2) is 0 Å². The molecule has 0 saturated heterocycles. The third kappa shape index (κ3) is 7.15. The summed E-state index contributed by atoms with van der Waals surface area (Å²) in [5.74, 6) is -2.24. The second kappa shape index (κ2) is 12.0. The zero-order valence-corrected chi connectivity index (χ0v) is 20.2. The van der Waals surface area contributed by atoms with Gasteiger partial charge < -0.3 is 20.5 Å². The summed E-state index contributed by atoms with van der Waals surface area (Å²) < 4.78 is 36.8. The number of aromatic nitrogens is 2. The lowest BCUT2D eigenvalue weighted by Crippen LogP contribution is -2.34. The van der Waals surface area contributed by atoms with E-state index in [0.717, 1.165) is 23.2 Å². The van der Waals surface area contributed by atoms with Crippen LogP contribution in [0.3, 0.4) is 0 Å². The van der Waals surface area contributed by atoms with Crippen molar-refractivity contribution in [1.82, 2.24) is 15.1 Å². The molecule has 4 N–H and O–H groups in total. The van der Waals surface area contributed by atoms with Crippen molar-refractivity contribution in [3.8, 4) is 17.1 Å². The third-order valence-electron chi connectivity index (χ3n) is 5.56. The molecule has 0 saturated carbocycles. The lowest BCUT2D eigenvalue weighted by atomic mass is 9.97. The van der Waals surface area contributed by atoms with Crippen molar-refractivity contribution < 1.29 is 32.6 Å². The van der Waals surface area contributed by atoms with Crippen LogP contribution in [0.25, 0.3) is 16.8 Å². The molecular weight excluding hydrogens is 503 g/mol. The smallest absolute Gasteiger partial charge is 0.480 e. The van der Waals surface area contributed by atoms with Crippen LogP contribution in [-0.4, -0.2) is 64.3 Å². The van der Waals surface area contributed by atoms with E-state index in [2.05, 4.69) is 16.3 Å². The van der Waals surface area contributed by atoms with Crippen LogP contribution < -0.4 is 10.5 Å². The number of alkyl halides is 3. The van der Waals surface area contributed by atoms with E-state index < -0.39 is 12.1 Å². The number of carboxylic acids is 1. The van der Waals surface area contributed by atoms with Crippen molar-refractivity contribution in [2.24, 2.45) is 5.73 Å². The average Bonchev–Trinajstić information content (AvgIpc) is 2.93. The molecule has 2 aromatic carbocycles. The number of carbonyl (C=O) groups is 2. The van der Waals surface area contributed by atoms with Gasteiger partial charge >= 0.3 is 12.1 Å². The maximum absolute atomic E-state index is 12.9. The second-order valence-corrected chi connectivity index (χ2v) is 8.07. The van der Waals surface area contributed by atoms with E-state index in [0.29, 0.717) is 30.1 Å². The van der Waals surface area contributed by atoms with E-state index in [9.17, 15) is 18.0 Å². The van der Waals surface area contributed by atoms with Crippen molar-refractivity contribution in [1.29, 1.82) is 5.41 Å². The molecule has 12 heteroatoms. The quantitative estimate of drug-likeness (QED) is 0.336. The SMILES string of the molecule is COc1ccc(-c2ccc(C(=O)N3CC=C(c4cccc(C(=N)N)c4)CC3)cc2)nn1.O=C(O)C(F)(F)F. The van der Waals surface area contributed by atoms with Crippen LogP contribution in [0.5, 0.6) is 5.88 Å². The van der Waals surface area contributed by atoms with E-state index in [4.69, 9.17) is 25.8 Å². The molecule has 0 aliphatic carbocycles. The number of carboxylic acid groups (broad SMARTS) is 1. The first kappa shape index (κ1) is 27.8. The molecule has 198 valence electrons. The number of nitrogens with zero attached hydrogens (tertiary/aromatic N) is 3. The van der Waals surface area contributed by atoms with Crippen LogP contribution in [0.1, 0.15) is 27.9 Å². The number of benzene rings is 2. The topological polar surface area (TPSA) is 142 Å². The number of halogens is 3. The largest absolute Gasteiger partial charge is 0.490 e. The van der Waals surface area contributed by atoms with Gasteiger partial charge in [0.2, 0.25) is 5.88 Å². The van der Waals surface area contributed by atoms with E-state index >= 15 is 0 Å². The van der Waals surface area contributed by atoms with Gasteiger partial charge in [-0.3, -0.25) is 10.2 Å². The van der Waals surface area contributed by atoms with Crippen LogP contribution in [0.15, 0.2) is 66.7 Å². The fraction of sp³-hybridized carbons (Fsp3) is 0.192. The molecule has 0 spiro atoms. The summed E-state index contributed by atoms with van der Waals surface area (Å²) in [6, 6.07) is 18.6. The minimum absolute atomic E-state index is 0.000141. The van der Waals surface area contributed by atoms with Gasteiger partial charge in [-0.1, -0.05) is 36.4 Å². The fourth-order valence-electron chi connectivity index (χ4n) is 3.55. The molecular formula is C26H24F3N5O4. The number of nitrogens with one attached hydrogen (secondary N) is 1. The van der Waals surface area contributed by atoms with Crippen LogP contribution in [-0.2, 0) is 4.79 Å². The first-order valence-corrected chi connectivity index (χ1v) is 11.2. The fourth-order valence-corrected chi connectivity index (χ4v) is 3.55. The highest BCUT2D eigenvalue weighted by molar-refractivity contribution is 5.96. The van der Waals surface area contributed by atoms with Crippen molar-refractivity contribution >= 4 is 23.3 Å². The van der Waals surface area contributed by atoms with Crippen LogP contribution in [0.4, 0.5) is 13.2 Å².